The van der Waals surface area contributed by atoms with E-state index in [1.807, 2.05) is 36.4 Å². The Morgan fingerprint density at radius 1 is 0.944 bits per heavy atom. The summed E-state index contributed by atoms with van der Waals surface area (Å²) in [5.74, 6) is 0.728. The van der Waals surface area contributed by atoms with E-state index in [4.69, 9.17) is 5.73 Å². The average molecular weight is 237 g/mol. The average Bonchev–Trinajstić information content (AvgIpc) is 2.83. The highest BCUT2D eigenvalue weighted by Crippen LogP contribution is 2.22. The van der Waals surface area contributed by atoms with Crippen molar-refractivity contribution in [3.63, 3.8) is 0 Å². The van der Waals surface area contributed by atoms with Crippen molar-refractivity contribution in [2.45, 2.75) is 0 Å². The summed E-state index contributed by atoms with van der Waals surface area (Å²) in [7, 11) is 0. The molecule has 0 radical (unpaired) electrons. The first-order chi connectivity index (χ1) is 8.84. The van der Waals surface area contributed by atoms with E-state index in [1.165, 1.54) is 0 Å². The molecule has 3 rings (SSSR count). The molecule has 3 heterocycles. The van der Waals surface area contributed by atoms with Gasteiger partial charge in [0.1, 0.15) is 5.69 Å². The maximum Gasteiger partial charge on any atom is 0.153 e. The molecular formula is C13H11N5. The summed E-state index contributed by atoms with van der Waals surface area (Å²) in [5, 5.41) is 4.42. The second kappa shape index (κ2) is 4.29. The maximum absolute atomic E-state index is 5.96. The second-order valence-corrected chi connectivity index (χ2v) is 3.78. The van der Waals surface area contributed by atoms with Gasteiger partial charge in [-0.15, -0.1) is 0 Å². The predicted octanol–water partition coefficient (Wildman–Crippen LogP) is 1.91. The first-order valence-electron chi connectivity index (χ1n) is 5.52. The number of rotatable bonds is 2. The van der Waals surface area contributed by atoms with E-state index in [-0.39, 0.29) is 0 Å². The summed E-state index contributed by atoms with van der Waals surface area (Å²) < 4.78 is 1.65. The minimum Gasteiger partial charge on any atom is -0.396 e. The Labute approximate surface area is 104 Å². The van der Waals surface area contributed by atoms with Gasteiger partial charge in [-0.3, -0.25) is 4.98 Å². The smallest absolute Gasteiger partial charge is 0.153 e. The van der Waals surface area contributed by atoms with E-state index >= 15 is 0 Å². The lowest BCUT2D eigenvalue weighted by molar-refractivity contribution is 0.849. The van der Waals surface area contributed by atoms with Crippen LogP contribution in [-0.2, 0) is 0 Å². The van der Waals surface area contributed by atoms with Gasteiger partial charge < -0.3 is 5.73 Å². The SMILES string of the molecule is Nc1cn(-c2ccccn2)nc1-c1ccccn1. The van der Waals surface area contributed by atoms with E-state index in [2.05, 4.69) is 15.1 Å². The molecule has 0 saturated heterocycles. The molecule has 0 aliphatic heterocycles. The van der Waals surface area contributed by atoms with Crippen LogP contribution in [0.15, 0.2) is 55.0 Å². The highest BCUT2D eigenvalue weighted by molar-refractivity contribution is 5.69. The largest absolute Gasteiger partial charge is 0.396 e. The van der Waals surface area contributed by atoms with Crippen LogP contribution in [0.2, 0.25) is 0 Å². The molecule has 3 aromatic heterocycles. The molecule has 0 spiro atoms. The number of anilines is 1. The van der Waals surface area contributed by atoms with Crippen LogP contribution in [0, 0.1) is 0 Å². The van der Waals surface area contributed by atoms with Crippen LogP contribution in [-0.4, -0.2) is 19.7 Å². The highest BCUT2D eigenvalue weighted by atomic mass is 15.3. The van der Waals surface area contributed by atoms with E-state index in [0.29, 0.717) is 11.4 Å². The molecule has 3 aromatic rings. The number of hydrogen-bond donors (Lipinski definition) is 1. The Morgan fingerprint density at radius 2 is 1.72 bits per heavy atom. The molecule has 0 atom stereocenters. The number of hydrogen-bond acceptors (Lipinski definition) is 4. The van der Waals surface area contributed by atoms with Crippen LogP contribution < -0.4 is 5.73 Å². The van der Waals surface area contributed by atoms with Gasteiger partial charge >= 0.3 is 0 Å². The normalized spacial score (nSPS) is 10.4. The number of pyridine rings is 2. The standard InChI is InChI=1S/C13H11N5/c14-10-9-18(12-6-2-4-8-16-12)17-13(10)11-5-1-3-7-15-11/h1-9H,14H2. The molecule has 0 bridgehead atoms. The lowest BCUT2D eigenvalue weighted by Gasteiger charge is -1.98. The summed E-state index contributed by atoms with van der Waals surface area (Å²) >= 11 is 0. The minimum absolute atomic E-state index is 0.583. The fraction of sp³-hybridized carbons (Fsp3) is 0. The van der Waals surface area contributed by atoms with Crippen LogP contribution in [0.1, 0.15) is 0 Å². The Bertz CT molecular complexity index is 646. The third-order valence-corrected chi connectivity index (χ3v) is 2.53. The molecule has 18 heavy (non-hydrogen) atoms. The summed E-state index contributed by atoms with van der Waals surface area (Å²) in [4.78, 5) is 8.46. The summed E-state index contributed by atoms with van der Waals surface area (Å²) in [6, 6.07) is 11.3. The van der Waals surface area contributed by atoms with Crippen molar-refractivity contribution in [1.82, 2.24) is 19.7 Å². The van der Waals surface area contributed by atoms with Gasteiger partial charge in [0.2, 0.25) is 0 Å². The monoisotopic (exact) mass is 237 g/mol. The molecule has 0 unspecified atom stereocenters. The molecule has 5 heteroatoms. The molecule has 0 aromatic carbocycles. The van der Waals surface area contributed by atoms with Gasteiger partial charge in [0.15, 0.2) is 5.82 Å². The van der Waals surface area contributed by atoms with Crippen molar-refractivity contribution in [1.29, 1.82) is 0 Å². The topological polar surface area (TPSA) is 69.6 Å². The second-order valence-electron chi connectivity index (χ2n) is 3.78. The molecule has 0 aliphatic carbocycles. The Balaban J connectivity index is 2.07. The lowest BCUT2D eigenvalue weighted by Crippen LogP contribution is -1.97. The van der Waals surface area contributed by atoms with E-state index in [1.54, 1.807) is 23.3 Å². The van der Waals surface area contributed by atoms with Crippen LogP contribution in [0.25, 0.3) is 17.2 Å². The molecule has 0 fully saturated rings. The maximum atomic E-state index is 5.96. The molecule has 0 amide bonds. The van der Waals surface area contributed by atoms with Crippen molar-refractivity contribution in [3.05, 3.63) is 55.0 Å². The van der Waals surface area contributed by atoms with Gasteiger partial charge in [0.05, 0.1) is 17.6 Å². The fourth-order valence-corrected chi connectivity index (χ4v) is 1.70. The van der Waals surface area contributed by atoms with Gasteiger partial charge in [-0.05, 0) is 24.3 Å². The Morgan fingerprint density at radius 3 is 2.39 bits per heavy atom. The van der Waals surface area contributed by atoms with Crippen molar-refractivity contribution < 1.29 is 0 Å². The quantitative estimate of drug-likeness (QED) is 0.739. The van der Waals surface area contributed by atoms with E-state index < -0.39 is 0 Å². The van der Waals surface area contributed by atoms with Gasteiger partial charge in [-0.25, -0.2) is 9.67 Å². The van der Waals surface area contributed by atoms with Crippen LogP contribution in [0.3, 0.4) is 0 Å². The zero-order chi connectivity index (χ0) is 12.4. The number of aromatic nitrogens is 4. The van der Waals surface area contributed by atoms with E-state index in [0.717, 1.165) is 11.5 Å². The van der Waals surface area contributed by atoms with Crippen molar-refractivity contribution in [3.8, 4) is 17.2 Å². The predicted molar refractivity (Wildman–Crippen MR) is 69.0 cm³/mol. The number of nitrogens with two attached hydrogens (primary N) is 1. The third-order valence-electron chi connectivity index (χ3n) is 2.53. The molecule has 88 valence electrons. The highest BCUT2D eigenvalue weighted by Gasteiger charge is 2.10. The Kier molecular flexibility index (Phi) is 2.49. The number of nitrogens with zero attached hydrogens (tertiary/aromatic N) is 4. The van der Waals surface area contributed by atoms with Gasteiger partial charge in [0, 0.05) is 12.4 Å². The summed E-state index contributed by atoms with van der Waals surface area (Å²) in [6.07, 6.45) is 5.18. The third kappa shape index (κ3) is 1.82. The molecule has 2 N–H and O–H groups in total. The van der Waals surface area contributed by atoms with Gasteiger partial charge in [-0.1, -0.05) is 12.1 Å². The van der Waals surface area contributed by atoms with Crippen LogP contribution >= 0.6 is 0 Å². The van der Waals surface area contributed by atoms with Crippen molar-refractivity contribution in [2.24, 2.45) is 0 Å². The fourth-order valence-electron chi connectivity index (χ4n) is 1.70. The zero-order valence-corrected chi connectivity index (χ0v) is 9.56. The zero-order valence-electron chi connectivity index (χ0n) is 9.56. The molecule has 0 aliphatic rings. The van der Waals surface area contributed by atoms with Gasteiger partial charge in [0.25, 0.3) is 0 Å². The molecule has 0 saturated carbocycles. The minimum atomic E-state index is 0.583. The lowest BCUT2D eigenvalue weighted by atomic mass is 10.2. The van der Waals surface area contributed by atoms with E-state index in [9.17, 15) is 0 Å². The first-order valence-corrected chi connectivity index (χ1v) is 5.52. The summed E-state index contributed by atoms with van der Waals surface area (Å²) in [5.41, 5.74) is 7.96. The molecular weight excluding hydrogens is 226 g/mol. The molecule has 5 nitrogen and oxygen atoms in total. The van der Waals surface area contributed by atoms with Crippen molar-refractivity contribution in [2.75, 3.05) is 5.73 Å². The number of nitrogen functional groups attached to an aromatic ring is 1. The first kappa shape index (κ1) is 10.5. The van der Waals surface area contributed by atoms with Gasteiger partial charge in [-0.2, -0.15) is 5.10 Å². The van der Waals surface area contributed by atoms with Crippen molar-refractivity contribution >= 4 is 5.69 Å². The Hall–Kier alpha value is -2.69. The van der Waals surface area contributed by atoms with Crippen LogP contribution in [0.5, 0.6) is 0 Å². The summed E-state index contributed by atoms with van der Waals surface area (Å²) in [6.45, 7) is 0. The van der Waals surface area contributed by atoms with Crippen LogP contribution in [0.4, 0.5) is 5.69 Å².